The van der Waals surface area contributed by atoms with Gasteiger partial charge in [0.25, 0.3) is 0 Å². The maximum Gasteiger partial charge on any atom is 0.0590 e. The summed E-state index contributed by atoms with van der Waals surface area (Å²) in [5, 5.41) is 2.04. The van der Waals surface area contributed by atoms with Crippen molar-refractivity contribution < 1.29 is 0 Å². The van der Waals surface area contributed by atoms with Crippen molar-refractivity contribution in [3.8, 4) is 0 Å². The largest absolute Gasteiger partial charge is 0.342 e. The molecule has 0 atom stereocenters. The van der Waals surface area contributed by atoms with E-state index in [1.165, 1.54) is 10.9 Å². The van der Waals surface area contributed by atoms with Gasteiger partial charge in [-0.2, -0.15) is 0 Å². The first-order valence-corrected chi connectivity index (χ1v) is 5.56. The first kappa shape index (κ1) is 9.25. The number of halogens is 1. The third-order valence-corrected chi connectivity index (χ3v) is 3.36. The van der Waals surface area contributed by atoms with Crippen molar-refractivity contribution >= 4 is 22.5 Å². The van der Waals surface area contributed by atoms with E-state index >= 15 is 0 Å². The van der Waals surface area contributed by atoms with E-state index in [2.05, 4.69) is 34.8 Å². The molecule has 3 heteroatoms. The second-order valence-electron chi connectivity index (χ2n) is 4.30. The number of likely N-dealkylation sites (N-methyl/N-ethyl adjacent to an activating group) is 1. The Bertz CT molecular complexity index is 497. The van der Waals surface area contributed by atoms with Gasteiger partial charge in [-0.15, -0.1) is 0 Å². The van der Waals surface area contributed by atoms with Crippen LogP contribution >= 0.6 is 11.6 Å². The van der Waals surface area contributed by atoms with Crippen LogP contribution in [-0.2, 0) is 0 Å². The summed E-state index contributed by atoms with van der Waals surface area (Å²) >= 11 is 5.96. The fraction of sp³-hybridized carbons (Fsp3) is 0.333. The highest BCUT2D eigenvalue weighted by atomic mass is 35.5. The summed E-state index contributed by atoms with van der Waals surface area (Å²) in [7, 11) is 2.15. The molecule has 1 aliphatic heterocycles. The summed E-state index contributed by atoms with van der Waals surface area (Å²) in [5.74, 6) is 0. The molecule has 78 valence electrons. The first-order chi connectivity index (χ1) is 7.24. The summed E-state index contributed by atoms with van der Waals surface area (Å²) in [6.45, 7) is 2.29. The molecule has 15 heavy (non-hydrogen) atoms. The van der Waals surface area contributed by atoms with Crippen LogP contribution in [0.4, 0.5) is 0 Å². The average molecular weight is 221 g/mol. The Hall–Kier alpha value is -0.990. The topological polar surface area (TPSA) is 8.17 Å². The van der Waals surface area contributed by atoms with Gasteiger partial charge >= 0.3 is 0 Å². The Balaban J connectivity index is 2.05. The highest BCUT2D eigenvalue weighted by molar-refractivity contribution is 6.31. The van der Waals surface area contributed by atoms with E-state index in [1.807, 2.05) is 12.1 Å². The SMILES string of the molecule is CN1CC(n2ccc3cc(Cl)ccc32)C1. The van der Waals surface area contributed by atoms with Gasteiger partial charge in [-0.1, -0.05) is 11.6 Å². The lowest BCUT2D eigenvalue weighted by Crippen LogP contribution is -2.44. The minimum atomic E-state index is 0.633. The van der Waals surface area contributed by atoms with E-state index < -0.39 is 0 Å². The first-order valence-electron chi connectivity index (χ1n) is 5.19. The molecule has 0 unspecified atom stereocenters. The van der Waals surface area contributed by atoms with Crippen LogP contribution in [0.2, 0.25) is 5.02 Å². The van der Waals surface area contributed by atoms with E-state index in [4.69, 9.17) is 11.6 Å². The Kier molecular flexibility index (Phi) is 2.01. The Morgan fingerprint density at radius 1 is 1.27 bits per heavy atom. The Labute approximate surface area is 94.0 Å². The van der Waals surface area contributed by atoms with Gasteiger partial charge in [-0.25, -0.2) is 0 Å². The van der Waals surface area contributed by atoms with Crippen molar-refractivity contribution in [1.82, 2.24) is 9.47 Å². The molecule has 1 aliphatic rings. The normalized spacial score (nSPS) is 18.3. The maximum absolute atomic E-state index is 5.96. The Morgan fingerprint density at radius 2 is 2.07 bits per heavy atom. The number of hydrogen-bond donors (Lipinski definition) is 0. The van der Waals surface area contributed by atoms with Crippen LogP contribution < -0.4 is 0 Å². The fourth-order valence-corrected chi connectivity index (χ4v) is 2.48. The molecule has 1 saturated heterocycles. The number of likely N-dealkylation sites (tertiary alicyclic amines) is 1. The molecule has 1 fully saturated rings. The van der Waals surface area contributed by atoms with E-state index in [1.54, 1.807) is 0 Å². The highest BCUT2D eigenvalue weighted by Crippen LogP contribution is 2.27. The monoisotopic (exact) mass is 220 g/mol. The molecule has 1 aromatic heterocycles. The van der Waals surface area contributed by atoms with E-state index in [0.717, 1.165) is 18.1 Å². The molecular formula is C12H13ClN2. The van der Waals surface area contributed by atoms with Crippen LogP contribution in [0.25, 0.3) is 10.9 Å². The van der Waals surface area contributed by atoms with Crippen LogP contribution in [0.1, 0.15) is 6.04 Å². The number of hydrogen-bond acceptors (Lipinski definition) is 1. The van der Waals surface area contributed by atoms with Crippen molar-refractivity contribution in [2.24, 2.45) is 0 Å². The second kappa shape index (κ2) is 3.26. The third-order valence-electron chi connectivity index (χ3n) is 3.12. The number of rotatable bonds is 1. The molecule has 0 bridgehead atoms. The number of nitrogens with zero attached hydrogens (tertiary/aromatic N) is 2. The van der Waals surface area contributed by atoms with Crippen LogP contribution in [0, 0.1) is 0 Å². The zero-order chi connectivity index (χ0) is 10.4. The Morgan fingerprint density at radius 3 is 2.80 bits per heavy atom. The summed E-state index contributed by atoms with van der Waals surface area (Å²) < 4.78 is 2.35. The number of fused-ring (bicyclic) bond motifs is 1. The number of aromatic nitrogens is 1. The molecule has 0 saturated carbocycles. The summed E-state index contributed by atoms with van der Waals surface area (Å²) in [6.07, 6.45) is 2.17. The molecule has 0 amide bonds. The van der Waals surface area contributed by atoms with Crippen molar-refractivity contribution in [3.05, 3.63) is 35.5 Å². The van der Waals surface area contributed by atoms with Crippen molar-refractivity contribution in [1.29, 1.82) is 0 Å². The molecule has 2 nitrogen and oxygen atoms in total. The molecule has 0 aliphatic carbocycles. The van der Waals surface area contributed by atoms with Gasteiger partial charge < -0.3 is 9.47 Å². The van der Waals surface area contributed by atoms with Gasteiger partial charge in [-0.3, -0.25) is 0 Å². The molecule has 0 radical (unpaired) electrons. The van der Waals surface area contributed by atoms with Gasteiger partial charge in [0.1, 0.15) is 0 Å². The molecule has 2 aromatic rings. The van der Waals surface area contributed by atoms with Crippen LogP contribution in [0.5, 0.6) is 0 Å². The van der Waals surface area contributed by atoms with Crippen LogP contribution in [0.15, 0.2) is 30.5 Å². The molecule has 0 N–H and O–H groups in total. The molecule has 3 rings (SSSR count). The smallest absolute Gasteiger partial charge is 0.0590 e. The fourth-order valence-electron chi connectivity index (χ4n) is 2.30. The van der Waals surface area contributed by atoms with Gasteiger partial charge in [0.05, 0.1) is 6.04 Å². The molecule has 1 aromatic carbocycles. The standard InChI is InChI=1S/C12H13ClN2/c1-14-7-11(8-14)15-5-4-9-6-10(13)2-3-12(9)15/h2-6,11H,7-8H2,1H3. The zero-order valence-corrected chi connectivity index (χ0v) is 9.41. The quantitative estimate of drug-likeness (QED) is 0.718. The van der Waals surface area contributed by atoms with E-state index in [-0.39, 0.29) is 0 Å². The minimum absolute atomic E-state index is 0.633. The summed E-state index contributed by atoms with van der Waals surface area (Å²) in [6, 6.07) is 8.86. The summed E-state index contributed by atoms with van der Waals surface area (Å²) in [5.41, 5.74) is 1.29. The van der Waals surface area contributed by atoms with Gasteiger partial charge in [0, 0.05) is 35.2 Å². The number of benzene rings is 1. The molecule has 0 spiro atoms. The third kappa shape index (κ3) is 1.45. The lowest BCUT2D eigenvalue weighted by atomic mass is 10.1. The molecule has 2 heterocycles. The zero-order valence-electron chi connectivity index (χ0n) is 8.65. The van der Waals surface area contributed by atoms with Crippen LogP contribution in [0.3, 0.4) is 0 Å². The van der Waals surface area contributed by atoms with Crippen LogP contribution in [-0.4, -0.2) is 29.6 Å². The van der Waals surface area contributed by atoms with Gasteiger partial charge in [0.2, 0.25) is 0 Å². The van der Waals surface area contributed by atoms with Gasteiger partial charge in [0.15, 0.2) is 0 Å². The predicted molar refractivity (Wildman–Crippen MR) is 63.5 cm³/mol. The minimum Gasteiger partial charge on any atom is -0.342 e. The van der Waals surface area contributed by atoms with Crippen molar-refractivity contribution in [2.45, 2.75) is 6.04 Å². The lowest BCUT2D eigenvalue weighted by Gasteiger charge is -2.37. The second-order valence-corrected chi connectivity index (χ2v) is 4.74. The highest BCUT2D eigenvalue weighted by Gasteiger charge is 2.25. The lowest BCUT2D eigenvalue weighted by molar-refractivity contribution is 0.144. The predicted octanol–water partition coefficient (Wildman–Crippen LogP) is 2.78. The average Bonchev–Trinajstić information content (AvgIpc) is 2.55. The maximum atomic E-state index is 5.96. The van der Waals surface area contributed by atoms with E-state index in [0.29, 0.717) is 6.04 Å². The molecular weight excluding hydrogens is 208 g/mol. The van der Waals surface area contributed by atoms with Gasteiger partial charge in [-0.05, 0) is 31.3 Å². The van der Waals surface area contributed by atoms with Crippen molar-refractivity contribution in [2.75, 3.05) is 20.1 Å². The van der Waals surface area contributed by atoms with Crippen molar-refractivity contribution in [3.63, 3.8) is 0 Å². The summed E-state index contributed by atoms with van der Waals surface area (Å²) in [4.78, 5) is 2.33. The van der Waals surface area contributed by atoms with E-state index in [9.17, 15) is 0 Å².